The first kappa shape index (κ1) is 18.2. The van der Waals surface area contributed by atoms with Crippen molar-refractivity contribution in [3.63, 3.8) is 0 Å². The highest BCUT2D eigenvalue weighted by Crippen LogP contribution is 2.22. The van der Waals surface area contributed by atoms with Crippen LogP contribution in [-0.2, 0) is 4.12 Å². The molecule has 1 atom stereocenters. The van der Waals surface area contributed by atoms with Crippen LogP contribution in [0.3, 0.4) is 0 Å². The Labute approximate surface area is 144 Å². The van der Waals surface area contributed by atoms with Gasteiger partial charge in [0.25, 0.3) is 0 Å². The molecule has 0 N–H and O–H groups in total. The van der Waals surface area contributed by atoms with E-state index in [1.807, 2.05) is 0 Å². The molecular formula is C20H30OSi2. The van der Waals surface area contributed by atoms with Crippen LogP contribution in [0.4, 0.5) is 0 Å². The van der Waals surface area contributed by atoms with Gasteiger partial charge in [-0.2, -0.15) is 0 Å². The van der Waals surface area contributed by atoms with Gasteiger partial charge in [0, 0.05) is 0 Å². The Morgan fingerprint density at radius 3 is 1.83 bits per heavy atom. The molecule has 0 fully saturated rings. The molecule has 0 spiro atoms. The topological polar surface area (TPSA) is 9.23 Å². The summed E-state index contributed by atoms with van der Waals surface area (Å²) in [6.07, 6.45) is 0. The maximum absolute atomic E-state index is 6.91. The summed E-state index contributed by atoms with van der Waals surface area (Å²) in [7, 11) is -3.87. The largest absolute Gasteiger partial charge is 0.449 e. The predicted molar refractivity (Wildman–Crippen MR) is 107 cm³/mol. The average molecular weight is 343 g/mol. The second-order valence-electron chi connectivity index (χ2n) is 7.73. The number of hydrogen-bond donors (Lipinski definition) is 0. The number of hydrogen-bond acceptors (Lipinski definition) is 1. The van der Waals surface area contributed by atoms with E-state index in [0.29, 0.717) is 0 Å². The van der Waals surface area contributed by atoms with Gasteiger partial charge in [0.05, 0.1) is 0 Å². The van der Waals surface area contributed by atoms with E-state index in [1.165, 1.54) is 32.6 Å². The molecule has 0 aliphatic heterocycles. The molecule has 23 heavy (non-hydrogen) atoms. The van der Waals surface area contributed by atoms with E-state index in [4.69, 9.17) is 4.12 Å². The summed E-state index contributed by atoms with van der Waals surface area (Å²) in [4.78, 5) is 0. The number of benzene rings is 2. The minimum Gasteiger partial charge on any atom is -0.449 e. The van der Waals surface area contributed by atoms with Gasteiger partial charge in [-0.25, -0.2) is 0 Å². The molecular weight excluding hydrogens is 312 g/mol. The van der Waals surface area contributed by atoms with Crippen molar-refractivity contribution in [1.29, 1.82) is 0 Å². The smallest absolute Gasteiger partial charge is 0.242 e. The monoisotopic (exact) mass is 342 g/mol. The fourth-order valence-electron chi connectivity index (χ4n) is 3.35. The van der Waals surface area contributed by atoms with Gasteiger partial charge in [0.2, 0.25) is 8.32 Å². The molecule has 2 rings (SSSR count). The van der Waals surface area contributed by atoms with Crippen LogP contribution in [0.2, 0.25) is 26.2 Å². The molecule has 0 bridgehead atoms. The van der Waals surface area contributed by atoms with Crippen LogP contribution in [0.5, 0.6) is 0 Å². The highest BCUT2D eigenvalue weighted by atomic mass is 28.4. The van der Waals surface area contributed by atoms with Crippen molar-refractivity contribution in [1.82, 2.24) is 0 Å². The number of aryl methyl sites for hydroxylation is 1. The van der Waals surface area contributed by atoms with Crippen molar-refractivity contribution in [3.05, 3.63) is 58.7 Å². The molecule has 124 valence electrons. The van der Waals surface area contributed by atoms with Crippen LogP contribution in [0.15, 0.2) is 36.4 Å². The van der Waals surface area contributed by atoms with Crippen LogP contribution in [0.25, 0.3) is 0 Å². The van der Waals surface area contributed by atoms with E-state index in [-0.39, 0.29) is 0 Å². The van der Waals surface area contributed by atoms with Gasteiger partial charge in [-0.3, -0.25) is 0 Å². The zero-order chi connectivity index (χ0) is 17.4. The molecule has 0 aliphatic carbocycles. The molecule has 0 aliphatic rings. The highest BCUT2D eigenvalue weighted by molar-refractivity contribution is 7.01. The molecule has 2 aromatic carbocycles. The third-order valence-electron chi connectivity index (χ3n) is 4.83. The Hall–Kier alpha value is -1.17. The van der Waals surface area contributed by atoms with Crippen LogP contribution < -0.4 is 10.4 Å². The molecule has 0 aromatic heterocycles. The first-order chi connectivity index (χ1) is 10.6. The molecule has 0 heterocycles. The summed E-state index contributed by atoms with van der Waals surface area (Å²) >= 11 is 0. The Morgan fingerprint density at radius 2 is 1.30 bits per heavy atom. The van der Waals surface area contributed by atoms with Gasteiger partial charge in [0.15, 0.2) is 8.32 Å². The van der Waals surface area contributed by atoms with E-state index in [0.717, 1.165) is 0 Å². The van der Waals surface area contributed by atoms with Gasteiger partial charge >= 0.3 is 0 Å². The van der Waals surface area contributed by atoms with Gasteiger partial charge < -0.3 is 4.12 Å². The molecule has 0 radical (unpaired) electrons. The van der Waals surface area contributed by atoms with E-state index in [9.17, 15) is 0 Å². The second-order valence-corrected chi connectivity index (χ2v) is 16.0. The lowest BCUT2D eigenvalue weighted by atomic mass is 10.00. The summed E-state index contributed by atoms with van der Waals surface area (Å²) in [5.41, 5.74) is 5.60. The Kier molecular flexibility index (Phi) is 5.04. The summed E-state index contributed by atoms with van der Waals surface area (Å²) in [6.45, 7) is 18.2. The molecule has 0 saturated carbocycles. The van der Waals surface area contributed by atoms with Crippen molar-refractivity contribution >= 4 is 27.0 Å². The Morgan fingerprint density at radius 1 is 0.739 bits per heavy atom. The maximum atomic E-state index is 6.91. The predicted octanol–water partition coefficient (Wildman–Crippen LogP) is 4.46. The minimum atomic E-state index is -2.21. The fourth-order valence-corrected chi connectivity index (χ4v) is 11.7. The summed E-state index contributed by atoms with van der Waals surface area (Å²) in [6, 6.07) is 13.2. The first-order valence-electron chi connectivity index (χ1n) is 8.40. The standard InChI is InChI=1S/C20H30OSi2/c1-15-14-20(18(4)17(3)16(15)2)23(8,21-22(5,6)7)19-12-10-9-11-13-19/h9-14H,1-8H3. The quantitative estimate of drug-likeness (QED) is 0.745. The number of rotatable bonds is 4. The lowest BCUT2D eigenvalue weighted by Gasteiger charge is -2.37. The fraction of sp³-hybridized carbons (Fsp3) is 0.400. The molecule has 3 heteroatoms. The second kappa shape index (κ2) is 6.38. The van der Waals surface area contributed by atoms with E-state index < -0.39 is 16.6 Å². The molecule has 0 amide bonds. The van der Waals surface area contributed by atoms with Crippen molar-refractivity contribution < 1.29 is 4.12 Å². The van der Waals surface area contributed by atoms with Crippen LogP contribution in [-0.4, -0.2) is 16.6 Å². The lowest BCUT2D eigenvalue weighted by Crippen LogP contribution is -2.63. The third kappa shape index (κ3) is 3.68. The normalized spacial score (nSPS) is 14.6. The zero-order valence-corrected chi connectivity index (χ0v) is 17.9. The summed E-state index contributed by atoms with van der Waals surface area (Å²) in [5, 5.41) is 2.81. The summed E-state index contributed by atoms with van der Waals surface area (Å²) < 4.78 is 6.91. The van der Waals surface area contributed by atoms with Gasteiger partial charge in [-0.05, 0) is 86.5 Å². The van der Waals surface area contributed by atoms with Gasteiger partial charge in [-0.15, -0.1) is 0 Å². The van der Waals surface area contributed by atoms with E-state index in [2.05, 4.69) is 90.3 Å². The molecule has 1 unspecified atom stereocenters. The minimum absolute atomic E-state index is 1.37. The van der Waals surface area contributed by atoms with Crippen LogP contribution >= 0.6 is 0 Å². The van der Waals surface area contributed by atoms with Gasteiger partial charge in [-0.1, -0.05) is 36.4 Å². The highest BCUT2D eigenvalue weighted by Gasteiger charge is 2.39. The van der Waals surface area contributed by atoms with Gasteiger partial charge in [0.1, 0.15) is 0 Å². The van der Waals surface area contributed by atoms with Crippen molar-refractivity contribution in [2.24, 2.45) is 0 Å². The average Bonchev–Trinajstić information content (AvgIpc) is 2.48. The van der Waals surface area contributed by atoms with Crippen molar-refractivity contribution in [2.75, 3.05) is 0 Å². The van der Waals surface area contributed by atoms with E-state index in [1.54, 1.807) is 0 Å². The van der Waals surface area contributed by atoms with Crippen LogP contribution in [0.1, 0.15) is 22.3 Å². The molecule has 2 aromatic rings. The summed E-state index contributed by atoms with van der Waals surface area (Å²) in [5.74, 6) is 0. The lowest BCUT2D eigenvalue weighted by molar-refractivity contribution is 0.572. The molecule has 0 saturated heterocycles. The third-order valence-corrected chi connectivity index (χ3v) is 11.9. The van der Waals surface area contributed by atoms with Crippen LogP contribution in [0, 0.1) is 27.7 Å². The van der Waals surface area contributed by atoms with Crippen molar-refractivity contribution in [3.8, 4) is 0 Å². The SMILES string of the molecule is Cc1cc([Si](C)(O[Si](C)(C)C)c2ccccc2)c(C)c(C)c1C. The zero-order valence-electron chi connectivity index (χ0n) is 15.9. The van der Waals surface area contributed by atoms with E-state index >= 15 is 0 Å². The Balaban J connectivity index is 2.74. The first-order valence-corrected chi connectivity index (χ1v) is 14.2. The van der Waals surface area contributed by atoms with Crippen molar-refractivity contribution in [2.45, 2.75) is 53.9 Å². The maximum Gasteiger partial charge on any atom is 0.242 e. The Bertz CT molecular complexity index is 702. The molecule has 1 nitrogen and oxygen atoms in total.